The summed E-state index contributed by atoms with van der Waals surface area (Å²) in [6.07, 6.45) is -5.62. The highest BCUT2D eigenvalue weighted by molar-refractivity contribution is 6.33. The van der Waals surface area contributed by atoms with Crippen molar-refractivity contribution >= 4 is 40.4 Å². The Labute approximate surface area is 177 Å². The average Bonchev–Trinajstić information content (AvgIpc) is 3.02. The highest BCUT2D eigenvalue weighted by atomic mass is 35.5. The monoisotopic (exact) mass is 457 g/mol. The number of amides is 1. The molecule has 0 radical (unpaired) electrons. The number of carbonyl (C=O) groups is 2. The number of aryl methyl sites for hydroxylation is 1. The maximum Gasteiger partial charge on any atom is 0.419 e. The van der Waals surface area contributed by atoms with E-state index in [1.807, 2.05) is 0 Å². The molecular formula is C19H15ClF3N3O5. The molecule has 31 heavy (non-hydrogen) atoms. The number of esters is 1. The number of fused-ring (bicyclic) bond motifs is 1. The Morgan fingerprint density at radius 3 is 2.71 bits per heavy atom. The van der Waals surface area contributed by atoms with Gasteiger partial charge in [-0.3, -0.25) is 14.2 Å². The number of oxazole rings is 1. The molecule has 164 valence electrons. The van der Waals surface area contributed by atoms with E-state index in [-0.39, 0.29) is 18.8 Å². The maximum atomic E-state index is 12.6. The number of alkyl halides is 3. The van der Waals surface area contributed by atoms with Crippen molar-refractivity contribution in [3.8, 4) is 0 Å². The number of aromatic nitrogens is 2. The number of hydrogen-bond donors (Lipinski definition) is 1. The summed E-state index contributed by atoms with van der Waals surface area (Å²) in [5, 5.41) is 1.78. The van der Waals surface area contributed by atoms with E-state index in [0.29, 0.717) is 23.4 Å². The van der Waals surface area contributed by atoms with Gasteiger partial charge in [-0.2, -0.15) is 13.2 Å². The lowest BCUT2D eigenvalue weighted by Gasteiger charge is -2.14. The number of para-hydroxylation sites is 2. The summed E-state index contributed by atoms with van der Waals surface area (Å²) in [4.78, 5) is 39.6. The van der Waals surface area contributed by atoms with E-state index in [1.165, 1.54) is 11.5 Å². The number of pyridine rings is 1. The first-order valence-electron chi connectivity index (χ1n) is 8.87. The standard InChI is InChI=1S/C19H15ClF3N3O5/c1-10(17(28)25-16-12(20)8-11(9-24-16)19(21,22)23)30-15(27)6-7-26-13-4-2-3-5-14(13)31-18(26)29/h2-5,8-10H,6-7H2,1H3,(H,24,25,28)/t10-/m0/s1. The highest BCUT2D eigenvalue weighted by Gasteiger charge is 2.32. The van der Waals surface area contributed by atoms with Crippen LogP contribution in [-0.2, 0) is 27.0 Å². The average molecular weight is 458 g/mol. The molecule has 0 fully saturated rings. The Hall–Kier alpha value is -3.34. The normalized spacial score (nSPS) is 12.5. The molecule has 12 heteroatoms. The third-order valence-electron chi connectivity index (χ3n) is 4.20. The third kappa shape index (κ3) is 5.23. The molecule has 0 aliphatic rings. The van der Waals surface area contributed by atoms with Crippen LogP contribution in [0.2, 0.25) is 5.02 Å². The van der Waals surface area contributed by atoms with Gasteiger partial charge in [0.2, 0.25) is 0 Å². The largest absolute Gasteiger partial charge is 0.452 e. The van der Waals surface area contributed by atoms with Gasteiger partial charge in [0, 0.05) is 12.7 Å². The molecule has 0 spiro atoms. The smallest absolute Gasteiger partial charge is 0.419 e. The summed E-state index contributed by atoms with van der Waals surface area (Å²) in [6.45, 7) is 1.24. The minimum Gasteiger partial charge on any atom is -0.452 e. The van der Waals surface area contributed by atoms with E-state index in [1.54, 1.807) is 24.3 Å². The van der Waals surface area contributed by atoms with Crippen LogP contribution >= 0.6 is 11.6 Å². The number of benzene rings is 1. The lowest BCUT2D eigenvalue weighted by molar-refractivity contribution is -0.153. The first-order chi connectivity index (χ1) is 14.6. The molecule has 1 aromatic carbocycles. The Bertz CT molecular complexity index is 1190. The predicted molar refractivity (Wildman–Crippen MR) is 104 cm³/mol. The van der Waals surface area contributed by atoms with Gasteiger partial charge in [-0.15, -0.1) is 0 Å². The molecule has 0 unspecified atom stereocenters. The van der Waals surface area contributed by atoms with E-state index < -0.39 is 40.5 Å². The highest BCUT2D eigenvalue weighted by Crippen LogP contribution is 2.32. The van der Waals surface area contributed by atoms with Crippen LogP contribution in [0.5, 0.6) is 0 Å². The zero-order valence-corrected chi connectivity index (χ0v) is 16.7. The van der Waals surface area contributed by atoms with E-state index in [2.05, 4.69) is 10.3 Å². The van der Waals surface area contributed by atoms with Crippen LogP contribution in [0.4, 0.5) is 19.0 Å². The van der Waals surface area contributed by atoms with Crippen molar-refractivity contribution < 1.29 is 31.9 Å². The fourth-order valence-corrected chi connectivity index (χ4v) is 2.86. The minimum atomic E-state index is -4.63. The van der Waals surface area contributed by atoms with Crippen LogP contribution in [0.15, 0.2) is 45.7 Å². The van der Waals surface area contributed by atoms with Gasteiger partial charge in [-0.1, -0.05) is 23.7 Å². The Kier molecular flexibility index (Phi) is 6.34. The number of rotatable bonds is 6. The number of nitrogens with one attached hydrogen (secondary N) is 1. The van der Waals surface area contributed by atoms with Gasteiger partial charge in [0.15, 0.2) is 17.5 Å². The van der Waals surface area contributed by atoms with Crippen molar-refractivity contribution in [2.45, 2.75) is 32.2 Å². The van der Waals surface area contributed by atoms with Gasteiger partial charge >= 0.3 is 17.9 Å². The van der Waals surface area contributed by atoms with Gasteiger partial charge < -0.3 is 14.5 Å². The molecule has 1 atom stereocenters. The molecule has 0 saturated carbocycles. The Balaban J connectivity index is 1.57. The third-order valence-corrected chi connectivity index (χ3v) is 4.49. The molecule has 0 bridgehead atoms. The second-order valence-electron chi connectivity index (χ2n) is 6.41. The first kappa shape index (κ1) is 22.3. The van der Waals surface area contributed by atoms with E-state index in [4.69, 9.17) is 20.8 Å². The van der Waals surface area contributed by atoms with Crippen molar-refractivity contribution in [3.63, 3.8) is 0 Å². The van der Waals surface area contributed by atoms with Crippen LogP contribution in [0, 0.1) is 0 Å². The maximum absolute atomic E-state index is 12.6. The first-order valence-corrected chi connectivity index (χ1v) is 9.25. The van der Waals surface area contributed by atoms with Crippen molar-refractivity contribution in [2.75, 3.05) is 5.32 Å². The SMILES string of the molecule is C[C@H](OC(=O)CCn1c(=O)oc2ccccc21)C(=O)Nc1ncc(C(F)(F)F)cc1Cl. The predicted octanol–water partition coefficient (Wildman–Crippen LogP) is 3.62. The Morgan fingerprint density at radius 2 is 2.03 bits per heavy atom. The van der Waals surface area contributed by atoms with E-state index in [0.717, 1.165) is 0 Å². The summed E-state index contributed by atoms with van der Waals surface area (Å²) < 4.78 is 49.3. The summed E-state index contributed by atoms with van der Waals surface area (Å²) in [7, 11) is 0. The molecule has 1 amide bonds. The zero-order chi connectivity index (χ0) is 22.8. The minimum absolute atomic E-state index is 0.0324. The fourth-order valence-electron chi connectivity index (χ4n) is 2.64. The number of anilines is 1. The van der Waals surface area contributed by atoms with Gasteiger partial charge in [0.1, 0.15) is 0 Å². The lowest BCUT2D eigenvalue weighted by atomic mass is 10.2. The molecule has 8 nitrogen and oxygen atoms in total. The number of halogens is 4. The molecule has 0 aliphatic carbocycles. The molecular weight excluding hydrogens is 443 g/mol. The Morgan fingerprint density at radius 1 is 1.32 bits per heavy atom. The number of nitrogens with zero attached hydrogens (tertiary/aromatic N) is 2. The second kappa shape index (κ2) is 8.80. The van der Waals surface area contributed by atoms with Crippen molar-refractivity contribution in [1.82, 2.24) is 9.55 Å². The summed E-state index contributed by atoms with van der Waals surface area (Å²) >= 11 is 5.73. The van der Waals surface area contributed by atoms with Gasteiger partial charge in [-0.25, -0.2) is 9.78 Å². The van der Waals surface area contributed by atoms with Gasteiger partial charge in [0.05, 0.1) is 22.5 Å². The van der Waals surface area contributed by atoms with E-state index >= 15 is 0 Å². The van der Waals surface area contributed by atoms with Crippen LogP contribution in [-0.4, -0.2) is 27.5 Å². The van der Waals surface area contributed by atoms with Gasteiger partial charge in [0.25, 0.3) is 5.91 Å². The molecule has 0 saturated heterocycles. The molecule has 3 aromatic rings. The second-order valence-corrected chi connectivity index (χ2v) is 6.82. The molecule has 3 rings (SSSR count). The number of ether oxygens (including phenoxy) is 1. The molecule has 2 heterocycles. The van der Waals surface area contributed by atoms with Crippen LogP contribution in [0.3, 0.4) is 0 Å². The number of carbonyl (C=O) groups excluding carboxylic acids is 2. The summed E-state index contributed by atoms with van der Waals surface area (Å²) in [5.41, 5.74) is -0.194. The van der Waals surface area contributed by atoms with Crippen molar-refractivity contribution in [3.05, 3.63) is 57.7 Å². The zero-order valence-electron chi connectivity index (χ0n) is 15.9. The van der Waals surface area contributed by atoms with Crippen LogP contribution in [0.25, 0.3) is 11.1 Å². The van der Waals surface area contributed by atoms with Crippen molar-refractivity contribution in [1.29, 1.82) is 0 Å². The lowest BCUT2D eigenvalue weighted by Crippen LogP contribution is -2.31. The summed E-state index contributed by atoms with van der Waals surface area (Å²) in [6, 6.07) is 7.29. The summed E-state index contributed by atoms with van der Waals surface area (Å²) in [5.74, 6) is -2.55. The van der Waals surface area contributed by atoms with Crippen LogP contribution in [0.1, 0.15) is 18.9 Å². The van der Waals surface area contributed by atoms with Crippen LogP contribution < -0.4 is 11.1 Å². The quantitative estimate of drug-likeness (QED) is 0.567. The fraction of sp³-hybridized carbons (Fsp3) is 0.263. The van der Waals surface area contributed by atoms with Gasteiger partial charge in [-0.05, 0) is 25.1 Å². The molecule has 1 N–H and O–H groups in total. The topological polar surface area (TPSA) is 103 Å². The van der Waals surface area contributed by atoms with E-state index in [9.17, 15) is 27.6 Å². The number of hydrogen-bond acceptors (Lipinski definition) is 6. The van der Waals surface area contributed by atoms with Crippen molar-refractivity contribution in [2.24, 2.45) is 0 Å². The molecule has 0 aliphatic heterocycles. The molecule has 2 aromatic heterocycles.